The number of aryl methyl sites for hydroxylation is 1. The van der Waals surface area contributed by atoms with Crippen LogP contribution in [-0.2, 0) is 17.5 Å². The maximum Gasteiger partial charge on any atom is 0.419 e. The smallest absolute Gasteiger partial charge is 0.419 e. The first-order valence-electron chi connectivity index (χ1n) is 6.71. The van der Waals surface area contributed by atoms with Crippen molar-refractivity contribution >= 4 is 23.0 Å². The second-order valence-corrected chi connectivity index (χ2v) is 5.79. The van der Waals surface area contributed by atoms with Crippen molar-refractivity contribution in [3.05, 3.63) is 39.6 Å². The van der Waals surface area contributed by atoms with Gasteiger partial charge in [0.15, 0.2) is 5.69 Å². The third-order valence-corrected chi connectivity index (χ3v) is 3.84. The van der Waals surface area contributed by atoms with E-state index < -0.39 is 17.7 Å². The van der Waals surface area contributed by atoms with E-state index in [-0.39, 0.29) is 24.5 Å². The lowest BCUT2D eigenvalue weighted by atomic mass is 10.2. The molecule has 0 amide bonds. The summed E-state index contributed by atoms with van der Waals surface area (Å²) in [4.78, 5) is 20.0. The molecule has 2 aromatic heterocycles. The van der Waals surface area contributed by atoms with Crippen LogP contribution in [0.2, 0.25) is 0 Å². The Labute approximate surface area is 134 Å². The number of hydrogen-bond acceptors (Lipinski definition) is 6. The predicted molar refractivity (Wildman–Crippen MR) is 79.4 cm³/mol. The Bertz CT molecular complexity index is 701. The quantitative estimate of drug-likeness (QED) is 0.838. The fraction of sp³-hybridized carbons (Fsp3) is 0.357. The average molecular weight is 345 g/mol. The predicted octanol–water partition coefficient (Wildman–Crippen LogP) is 3.65. The first kappa shape index (κ1) is 17.2. The van der Waals surface area contributed by atoms with E-state index in [2.05, 4.69) is 15.3 Å². The summed E-state index contributed by atoms with van der Waals surface area (Å²) in [7, 11) is 0. The maximum atomic E-state index is 12.9. The van der Waals surface area contributed by atoms with Crippen molar-refractivity contribution < 1.29 is 22.7 Å². The summed E-state index contributed by atoms with van der Waals surface area (Å²) in [5.41, 5.74) is -0.739. The van der Waals surface area contributed by atoms with Crippen LogP contribution in [-0.4, -0.2) is 22.5 Å². The molecular weight excluding hydrogens is 331 g/mol. The molecule has 0 saturated heterocycles. The van der Waals surface area contributed by atoms with Gasteiger partial charge in [0, 0.05) is 23.0 Å². The lowest BCUT2D eigenvalue weighted by molar-refractivity contribution is -0.137. The molecule has 0 aliphatic rings. The van der Waals surface area contributed by atoms with Gasteiger partial charge >= 0.3 is 12.1 Å². The van der Waals surface area contributed by atoms with Crippen molar-refractivity contribution in [1.29, 1.82) is 0 Å². The standard InChI is InChI=1S/C14H14F3N3O2S/c1-3-22-13(21)12-8(2)23-11(20-12)7-19-10-4-5-18-6-9(10)14(15,16)17/h4-6H,3,7H2,1-2H3,(H,18,19). The summed E-state index contributed by atoms with van der Waals surface area (Å²) >= 11 is 1.23. The van der Waals surface area contributed by atoms with E-state index in [9.17, 15) is 18.0 Å². The van der Waals surface area contributed by atoms with Crippen LogP contribution in [0.5, 0.6) is 0 Å². The minimum Gasteiger partial charge on any atom is -0.461 e. The summed E-state index contributed by atoms with van der Waals surface area (Å²) in [5, 5.41) is 3.18. The number of thiazole rings is 1. The number of aromatic nitrogens is 2. The Morgan fingerprint density at radius 1 is 1.43 bits per heavy atom. The SMILES string of the molecule is CCOC(=O)c1nc(CNc2ccncc2C(F)(F)F)sc1C. The Kier molecular flexibility index (Phi) is 5.19. The van der Waals surface area contributed by atoms with Crippen molar-refractivity contribution in [1.82, 2.24) is 9.97 Å². The highest BCUT2D eigenvalue weighted by Gasteiger charge is 2.33. The van der Waals surface area contributed by atoms with Crippen LogP contribution in [0.3, 0.4) is 0 Å². The second-order valence-electron chi connectivity index (χ2n) is 4.51. The largest absolute Gasteiger partial charge is 0.461 e. The Hall–Kier alpha value is -2.16. The number of carbonyl (C=O) groups excluding carboxylic acids is 1. The summed E-state index contributed by atoms with van der Waals surface area (Å²) in [6.07, 6.45) is -2.46. The number of carbonyl (C=O) groups is 1. The number of rotatable bonds is 5. The number of ether oxygens (including phenoxy) is 1. The highest BCUT2D eigenvalue weighted by Crippen LogP contribution is 2.34. The molecule has 2 heterocycles. The number of halogens is 3. The minimum absolute atomic E-state index is 0.0675. The van der Waals surface area contributed by atoms with Crippen molar-refractivity contribution in [3.63, 3.8) is 0 Å². The molecular formula is C14H14F3N3O2S. The minimum atomic E-state index is -4.49. The number of hydrogen-bond donors (Lipinski definition) is 1. The number of pyridine rings is 1. The second kappa shape index (κ2) is 6.95. The van der Waals surface area contributed by atoms with E-state index >= 15 is 0 Å². The third kappa shape index (κ3) is 4.19. The first-order valence-corrected chi connectivity index (χ1v) is 7.53. The third-order valence-electron chi connectivity index (χ3n) is 2.87. The van der Waals surface area contributed by atoms with Crippen LogP contribution in [0.1, 0.15) is 32.9 Å². The molecule has 1 N–H and O–H groups in total. The van der Waals surface area contributed by atoms with Crippen molar-refractivity contribution in [2.75, 3.05) is 11.9 Å². The number of anilines is 1. The van der Waals surface area contributed by atoms with Gasteiger partial charge in [0.1, 0.15) is 5.01 Å². The van der Waals surface area contributed by atoms with E-state index in [4.69, 9.17) is 4.74 Å². The van der Waals surface area contributed by atoms with Crippen molar-refractivity contribution in [2.45, 2.75) is 26.6 Å². The molecule has 2 rings (SSSR count). The van der Waals surface area contributed by atoms with E-state index in [1.54, 1.807) is 13.8 Å². The van der Waals surface area contributed by atoms with Gasteiger partial charge in [-0.25, -0.2) is 9.78 Å². The number of nitrogens with zero attached hydrogens (tertiary/aromatic N) is 2. The average Bonchev–Trinajstić information content (AvgIpc) is 2.86. The molecule has 0 spiro atoms. The molecule has 23 heavy (non-hydrogen) atoms. The lowest BCUT2D eigenvalue weighted by Gasteiger charge is -2.12. The van der Waals surface area contributed by atoms with Gasteiger partial charge < -0.3 is 10.1 Å². The van der Waals surface area contributed by atoms with Crippen LogP contribution in [0.4, 0.5) is 18.9 Å². The van der Waals surface area contributed by atoms with Crippen LogP contribution in [0.25, 0.3) is 0 Å². The zero-order valence-electron chi connectivity index (χ0n) is 12.4. The molecule has 0 aliphatic heterocycles. The summed E-state index contributed by atoms with van der Waals surface area (Å²) in [5.74, 6) is -0.535. The summed E-state index contributed by atoms with van der Waals surface area (Å²) in [6, 6.07) is 1.25. The summed E-state index contributed by atoms with van der Waals surface area (Å²) < 4.78 is 43.5. The Morgan fingerprint density at radius 2 is 2.17 bits per heavy atom. The normalized spacial score (nSPS) is 11.3. The monoisotopic (exact) mass is 345 g/mol. The molecule has 0 saturated carbocycles. The van der Waals surface area contributed by atoms with E-state index in [1.165, 1.54) is 23.6 Å². The number of alkyl halides is 3. The molecule has 2 aromatic rings. The molecule has 124 valence electrons. The molecule has 0 aliphatic carbocycles. The van der Waals surface area contributed by atoms with Gasteiger partial charge in [-0.2, -0.15) is 13.2 Å². The van der Waals surface area contributed by atoms with Gasteiger partial charge in [-0.3, -0.25) is 4.98 Å². The van der Waals surface area contributed by atoms with Crippen LogP contribution in [0, 0.1) is 6.92 Å². The molecule has 0 unspecified atom stereocenters. The van der Waals surface area contributed by atoms with Crippen LogP contribution < -0.4 is 5.32 Å². The van der Waals surface area contributed by atoms with Gasteiger partial charge in [-0.1, -0.05) is 0 Å². The number of esters is 1. The maximum absolute atomic E-state index is 12.9. The van der Waals surface area contributed by atoms with Crippen LogP contribution >= 0.6 is 11.3 Å². The Morgan fingerprint density at radius 3 is 2.83 bits per heavy atom. The van der Waals surface area contributed by atoms with E-state index in [1.807, 2.05) is 0 Å². The molecule has 0 radical (unpaired) electrons. The topological polar surface area (TPSA) is 64.1 Å². The molecule has 0 atom stereocenters. The zero-order chi connectivity index (χ0) is 17.0. The highest BCUT2D eigenvalue weighted by atomic mass is 32.1. The van der Waals surface area contributed by atoms with E-state index in [0.717, 1.165) is 6.20 Å². The van der Waals surface area contributed by atoms with E-state index in [0.29, 0.717) is 9.88 Å². The highest BCUT2D eigenvalue weighted by molar-refractivity contribution is 7.11. The molecule has 0 bridgehead atoms. The lowest BCUT2D eigenvalue weighted by Crippen LogP contribution is -2.11. The van der Waals surface area contributed by atoms with Gasteiger partial charge in [0.05, 0.1) is 18.7 Å². The fourth-order valence-electron chi connectivity index (χ4n) is 1.86. The summed E-state index contributed by atoms with van der Waals surface area (Å²) in [6.45, 7) is 3.69. The van der Waals surface area contributed by atoms with Crippen molar-refractivity contribution in [2.24, 2.45) is 0 Å². The van der Waals surface area contributed by atoms with Gasteiger partial charge in [0.25, 0.3) is 0 Å². The van der Waals surface area contributed by atoms with Gasteiger partial charge in [0.2, 0.25) is 0 Å². The number of nitrogens with one attached hydrogen (secondary N) is 1. The fourth-order valence-corrected chi connectivity index (χ4v) is 2.72. The van der Waals surface area contributed by atoms with Crippen LogP contribution in [0.15, 0.2) is 18.5 Å². The van der Waals surface area contributed by atoms with Gasteiger partial charge in [-0.15, -0.1) is 11.3 Å². The first-order chi connectivity index (χ1) is 10.8. The molecule has 9 heteroatoms. The van der Waals surface area contributed by atoms with Gasteiger partial charge in [-0.05, 0) is 19.9 Å². The molecule has 0 aromatic carbocycles. The Balaban J connectivity index is 2.14. The molecule has 0 fully saturated rings. The zero-order valence-corrected chi connectivity index (χ0v) is 13.2. The molecule has 5 nitrogen and oxygen atoms in total. The van der Waals surface area contributed by atoms with Crippen molar-refractivity contribution in [3.8, 4) is 0 Å².